The number of piperidine rings is 1. The monoisotopic (exact) mass is 317 g/mol. The topological polar surface area (TPSA) is 62.2 Å². The van der Waals surface area contributed by atoms with Crippen LogP contribution in [-0.2, 0) is 6.54 Å². The third-order valence-corrected chi connectivity index (χ3v) is 4.72. The van der Waals surface area contributed by atoms with E-state index in [0.29, 0.717) is 30.2 Å². The average molecular weight is 317 g/mol. The number of imidazole rings is 1. The highest BCUT2D eigenvalue weighted by atomic mass is 19.1. The van der Waals surface area contributed by atoms with Crippen molar-refractivity contribution in [2.24, 2.45) is 0 Å². The number of nitrogens with zero attached hydrogens (tertiary/aromatic N) is 3. The molecule has 1 aromatic carbocycles. The van der Waals surface area contributed by atoms with Gasteiger partial charge >= 0.3 is 0 Å². The van der Waals surface area contributed by atoms with Crippen LogP contribution in [0.5, 0.6) is 0 Å². The smallest absolute Gasteiger partial charge is 0.253 e. The van der Waals surface area contributed by atoms with Gasteiger partial charge in [-0.25, -0.2) is 9.37 Å². The zero-order chi connectivity index (χ0) is 16.0. The number of hydrogen-bond donors (Lipinski definition) is 2. The van der Waals surface area contributed by atoms with E-state index in [1.165, 1.54) is 12.1 Å². The van der Waals surface area contributed by atoms with Crippen molar-refractivity contribution in [3.8, 4) is 0 Å². The van der Waals surface area contributed by atoms with Crippen LogP contribution in [0.15, 0.2) is 12.1 Å². The molecule has 1 aromatic heterocycles. The molecule has 4 rings (SSSR count). The Balaban J connectivity index is 1.74. The summed E-state index contributed by atoms with van der Waals surface area (Å²) in [4.78, 5) is 19.0. The molecule has 0 saturated carbocycles. The predicted octanol–water partition coefficient (Wildman–Crippen LogP) is 1.42. The molecule has 2 aliphatic rings. The molecular weight excluding hydrogens is 297 g/mol. The standard InChI is InChI=1S/C16H20FN5O/c1-21-5-2-11(3-6-21)19-16-20-13-9-10(17)8-12-14(13)22(16)7-4-18-15(12)23/h8-9,11H,2-7H2,1H3,(H,18,23)(H,19,20). The number of rotatable bonds is 2. The average Bonchev–Trinajstić information content (AvgIpc) is 2.76. The molecule has 0 unspecified atom stereocenters. The first kappa shape index (κ1) is 14.4. The van der Waals surface area contributed by atoms with Crippen molar-refractivity contribution in [1.29, 1.82) is 0 Å². The van der Waals surface area contributed by atoms with Gasteiger partial charge in [0.25, 0.3) is 5.91 Å². The summed E-state index contributed by atoms with van der Waals surface area (Å²) >= 11 is 0. The summed E-state index contributed by atoms with van der Waals surface area (Å²) < 4.78 is 15.8. The quantitative estimate of drug-likeness (QED) is 0.879. The number of carbonyl (C=O) groups excluding carboxylic acids is 1. The van der Waals surface area contributed by atoms with Gasteiger partial charge in [0.05, 0.1) is 16.6 Å². The van der Waals surface area contributed by atoms with Crippen molar-refractivity contribution in [1.82, 2.24) is 19.8 Å². The van der Waals surface area contributed by atoms with E-state index < -0.39 is 5.82 Å². The van der Waals surface area contributed by atoms with Crippen LogP contribution in [0.25, 0.3) is 11.0 Å². The summed E-state index contributed by atoms with van der Waals surface area (Å²) in [6.45, 7) is 3.26. The fourth-order valence-corrected chi connectivity index (χ4v) is 3.45. The number of amides is 1. The maximum atomic E-state index is 13.8. The summed E-state index contributed by atoms with van der Waals surface area (Å²) in [6.07, 6.45) is 2.11. The van der Waals surface area contributed by atoms with Gasteiger partial charge in [0.2, 0.25) is 5.95 Å². The van der Waals surface area contributed by atoms with Gasteiger partial charge in [0.1, 0.15) is 5.82 Å². The maximum absolute atomic E-state index is 13.8. The molecule has 2 aliphatic heterocycles. The molecule has 2 N–H and O–H groups in total. The minimum absolute atomic E-state index is 0.237. The van der Waals surface area contributed by atoms with E-state index in [1.54, 1.807) is 0 Å². The first-order valence-electron chi connectivity index (χ1n) is 8.05. The van der Waals surface area contributed by atoms with Crippen molar-refractivity contribution >= 4 is 22.9 Å². The Kier molecular flexibility index (Phi) is 3.45. The summed E-state index contributed by atoms with van der Waals surface area (Å²) in [6, 6.07) is 3.05. The zero-order valence-corrected chi connectivity index (χ0v) is 13.1. The fraction of sp³-hybridized carbons (Fsp3) is 0.500. The Bertz CT molecular complexity index is 763. The third-order valence-electron chi connectivity index (χ3n) is 4.72. The number of hydrogen-bond acceptors (Lipinski definition) is 4. The lowest BCUT2D eigenvalue weighted by molar-refractivity contribution is 0.0956. The van der Waals surface area contributed by atoms with Crippen molar-refractivity contribution in [3.63, 3.8) is 0 Å². The molecule has 0 radical (unpaired) electrons. The summed E-state index contributed by atoms with van der Waals surface area (Å²) in [5.74, 6) is 0.0666. The number of carbonyl (C=O) groups is 1. The maximum Gasteiger partial charge on any atom is 0.253 e. The lowest BCUT2D eigenvalue weighted by Crippen LogP contribution is -2.37. The molecular formula is C16H20FN5O. The number of anilines is 1. The number of benzene rings is 1. The number of likely N-dealkylation sites (tertiary alicyclic amines) is 1. The lowest BCUT2D eigenvalue weighted by atomic mass is 10.1. The molecule has 0 spiro atoms. The molecule has 6 nitrogen and oxygen atoms in total. The van der Waals surface area contributed by atoms with E-state index in [4.69, 9.17) is 0 Å². The highest BCUT2D eigenvalue weighted by Gasteiger charge is 2.24. The van der Waals surface area contributed by atoms with Crippen LogP contribution in [0.3, 0.4) is 0 Å². The van der Waals surface area contributed by atoms with Crippen LogP contribution in [0.2, 0.25) is 0 Å². The highest BCUT2D eigenvalue weighted by Crippen LogP contribution is 2.27. The molecule has 7 heteroatoms. The number of nitrogens with one attached hydrogen (secondary N) is 2. The van der Waals surface area contributed by atoms with Gasteiger partial charge in [0, 0.05) is 25.2 Å². The van der Waals surface area contributed by atoms with E-state index in [0.717, 1.165) is 37.4 Å². The van der Waals surface area contributed by atoms with Crippen molar-refractivity contribution in [3.05, 3.63) is 23.5 Å². The predicted molar refractivity (Wildman–Crippen MR) is 86.2 cm³/mol. The SMILES string of the molecule is CN1CCC(Nc2nc3cc(F)cc4c3n2CCNC4=O)CC1. The normalized spacial score (nSPS) is 19.7. The van der Waals surface area contributed by atoms with Crippen LogP contribution in [0, 0.1) is 5.82 Å². The second kappa shape index (κ2) is 5.49. The van der Waals surface area contributed by atoms with Crippen LogP contribution >= 0.6 is 0 Å². The molecule has 2 aromatic rings. The molecule has 23 heavy (non-hydrogen) atoms. The van der Waals surface area contributed by atoms with Crippen LogP contribution in [0.1, 0.15) is 23.2 Å². The first-order chi connectivity index (χ1) is 11.1. The van der Waals surface area contributed by atoms with Gasteiger partial charge in [-0.1, -0.05) is 0 Å². The molecule has 1 saturated heterocycles. The van der Waals surface area contributed by atoms with Crippen LogP contribution < -0.4 is 10.6 Å². The minimum atomic E-state index is -0.431. The second-order valence-electron chi connectivity index (χ2n) is 6.39. The van der Waals surface area contributed by atoms with Gasteiger partial charge in [0.15, 0.2) is 0 Å². The molecule has 122 valence electrons. The van der Waals surface area contributed by atoms with E-state index in [-0.39, 0.29) is 5.91 Å². The Morgan fingerprint density at radius 2 is 2.09 bits per heavy atom. The highest BCUT2D eigenvalue weighted by molar-refractivity contribution is 6.06. The van der Waals surface area contributed by atoms with E-state index in [9.17, 15) is 9.18 Å². The Morgan fingerprint density at radius 1 is 1.30 bits per heavy atom. The molecule has 1 fully saturated rings. The Hall–Kier alpha value is -2.15. The van der Waals surface area contributed by atoms with Gasteiger partial charge in [-0.15, -0.1) is 0 Å². The zero-order valence-electron chi connectivity index (χ0n) is 13.1. The molecule has 3 heterocycles. The first-order valence-corrected chi connectivity index (χ1v) is 8.05. The summed E-state index contributed by atoms with van der Waals surface area (Å²) in [5, 5.41) is 6.31. The van der Waals surface area contributed by atoms with Gasteiger partial charge in [-0.2, -0.15) is 0 Å². The second-order valence-corrected chi connectivity index (χ2v) is 6.39. The van der Waals surface area contributed by atoms with Crippen molar-refractivity contribution in [2.45, 2.75) is 25.4 Å². The molecule has 0 atom stereocenters. The van der Waals surface area contributed by atoms with Gasteiger partial charge in [-0.3, -0.25) is 4.79 Å². The number of halogens is 1. The molecule has 0 aliphatic carbocycles. The van der Waals surface area contributed by atoms with Crippen molar-refractivity contribution < 1.29 is 9.18 Å². The largest absolute Gasteiger partial charge is 0.353 e. The van der Waals surface area contributed by atoms with Crippen LogP contribution in [-0.4, -0.2) is 53.1 Å². The van der Waals surface area contributed by atoms with Gasteiger partial charge in [-0.05, 0) is 39.0 Å². The lowest BCUT2D eigenvalue weighted by Gasteiger charge is -2.29. The Labute approximate surface area is 133 Å². The minimum Gasteiger partial charge on any atom is -0.353 e. The van der Waals surface area contributed by atoms with E-state index in [1.807, 2.05) is 4.57 Å². The summed E-state index contributed by atoms with van der Waals surface area (Å²) in [7, 11) is 2.13. The third kappa shape index (κ3) is 2.55. The van der Waals surface area contributed by atoms with E-state index >= 15 is 0 Å². The summed E-state index contributed by atoms with van der Waals surface area (Å²) in [5.41, 5.74) is 1.62. The number of aromatic nitrogens is 2. The Morgan fingerprint density at radius 3 is 2.87 bits per heavy atom. The van der Waals surface area contributed by atoms with Crippen LogP contribution in [0.4, 0.5) is 10.3 Å². The fourth-order valence-electron chi connectivity index (χ4n) is 3.45. The molecule has 1 amide bonds. The van der Waals surface area contributed by atoms with Gasteiger partial charge < -0.3 is 20.1 Å². The molecule has 0 bridgehead atoms. The van der Waals surface area contributed by atoms with Crippen molar-refractivity contribution in [2.75, 3.05) is 32.0 Å². The van der Waals surface area contributed by atoms with E-state index in [2.05, 4.69) is 27.6 Å².